The number of hydrogen-bond acceptors (Lipinski definition) is 4. The van der Waals surface area contributed by atoms with E-state index in [2.05, 4.69) is 22.2 Å². The fourth-order valence-electron chi connectivity index (χ4n) is 3.19. The zero-order valence-electron chi connectivity index (χ0n) is 14.9. The molecule has 0 radical (unpaired) electrons. The Hall–Kier alpha value is -1.85. The average molecular weight is 356 g/mol. The molecular formula is C20H25N3OS. The second-order valence-corrected chi connectivity index (χ2v) is 7.38. The lowest BCUT2D eigenvalue weighted by molar-refractivity contribution is 0.0644. The molecule has 1 amide bonds. The van der Waals surface area contributed by atoms with Crippen molar-refractivity contribution in [3.8, 4) is 11.1 Å². The van der Waals surface area contributed by atoms with E-state index in [0.717, 1.165) is 60.7 Å². The first-order valence-electron chi connectivity index (χ1n) is 8.70. The van der Waals surface area contributed by atoms with Crippen LogP contribution in [0.1, 0.15) is 15.9 Å². The number of aryl methyl sites for hydroxylation is 1. The first-order chi connectivity index (χ1) is 12.2. The summed E-state index contributed by atoms with van der Waals surface area (Å²) in [5.41, 5.74) is 4.09. The molecule has 1 aliphatic heterocycles. The van der Waals surface area contributed by atoms with Crippen LogP contribution in [0.25, 0.3) is 11.1 Å². The molecule has 0 unspecified atom stereocenters. The molecule has 25 heavy (non-hydrogen) atoms. The molecule has 1 aliphatic rings. The zero-order valence-corrected chi connectivity index (χ0v) is 15.8. The zero-order chi connectivity index (χ0) is 17.6. The van der Waals surface area contributed by atoms with E-state index in [4.69, 9.17) is 0 Å². The normalized spacial score (nSPS) is 15.4. The van der Waals surface area contributed by atoms with Crippen molar-refractivity contribution in [2.24, 2.45) is 0 Å². The van der Waals surface area contributed by atoms with Crippen molar-refractivity contribution >= 4 is 17.7 Å². The van der Waals surface area contributed by atoms with Crippen molar-refractivity contribution in [3.63, 3.8) is 0 Å². The molecule has 0 N–H and O–H groups in total. The van der Waals surface area contributed by atoms with Crippen LogP contribution in [0.4, 0.5) is 0 Å². The highest BCUT2D eigenvalue weighted by Gasteiger charge is 2.22. The minimum atomic E-state index is 0.137. The summed E-state index contributed by atoms with van der Waals surface area (Å²) in [4.78, 5) is 21.4. The third-order valence-corrected chi connectivity index (χ3v) is 5.30. The second-order valence-electron chi connectivity index (χ2n) is 6.40. The van der Waals surface area contributed by atoms with Crippen molar-refractivity contribution < 1.29 is 4.79 Å². The van der Waals surface area contributed by atoms with E-state index < -0.39 is 0 Å². The number of carbonyl (C=O) groups is 1. The third kappa shape index (κ3) is 4.41. The van der Waals surface area contributed by atoms with Gasteiger partial charge in [0.1, 0.15) is 0 Å². The summed E-state index contributed by atoms with van der Waals surface area (Å²) in [5.74, 6) is 1.29. The number of benzene rings is 1. The number of piperazine rings is 1. The molecule has 1 aromatic heterocycles. The number of rotatable bonds is 5. The summed E-state index contributed by atoms with van der Waals surface area (Å²) < 4.78 is 0. The molecule has 1 saturated heterocycles. The molecule has 5 heteroatoms. The van der Waals surface area contributed by atoms with Crippen LogP contribution in [-0.2, 0) is 0 Å². The Morgan fingerprint density at radius 3 is 2.72 bits per heavy atom. The number of thioether (sulfide) groups is 1. The molecule has 1 fully saturated rings. The van der Waals surface area contributed by atoms with Gasteiger partial charge in [-0.15, -0.1) is 0 Å². The van der Waals surface area contributed by atoms with Crippen LogP contribution in [0.3, 0.4) is 0 Å². The van der Waals surface area contributed by atoms with Crippen LogP contribution in [0.15, 0.2) is 42.7 Å². The number of aromatic nitrogens is 1. The van der Waals surface area contributed by atoms with Gasteiger partial charge in [0.25, 0.3) is 5.91 Å². The van der Waals surface area contributed by atoms with Gasteiger partial charge in [0.05, 0.1) is 0 Å². The minimum Gasteiger partial charge on any atom is -0.336 e. The number of hydrogen-bond donors (Lipinski definition) is 0. The van der Waals surface area contributed by atoms with Gasteiger partial charge in [-0.2, -0.15) is 11.8 Å². The number of amides is 1. The number of nitrogens with zero attached hydrogens (tertiary/aromatic N) is 3. The van der Waals surface area contributed by atoms with Gasteiger partial charge in [0.15, 0.2) is 0 Å². The van der Waals surface area contributed by atoms with Gasteiger partial charge in [-0.25, -0.2) is 0 Å². The van der Waals surface area contributed by atoms with Crippen LogP contribution in [0.5, 0.6) is 0 Å². The summed E-state index contributed by atoms with van der Waals surface area (Å²) in [5, 5.41) is 0. The highest BCUT2D eigenvalue weighted by molar-refractivity contribution is 7.98. The largest absolute Gasteiger partial charge is 0.336 e. The topological polar surface area (TPSA) is 36.4 Å². The van der Waals surface area contributed by atoms with Gasteiger partial charge in [0.2, 0.25) is 0 Å². The van der Waals surface area contributed by atoms with Gasteiger partial charge in [-0.05, 0) is 48.1 Å². The number of pyridine rings is 1. The fourth-order valence-corrected chi connectivity index (χ4v) is 3.64. The standard InChI is InChI=1S/C20H25N3OS/c1-16-15-21-7-6-19(16)17-4-3-5-18(14-17)20(24)23-10-8-22(9-11-23)12-13-25-2/h3-7,14-15H,8-13H2,1-2H3. The average Bonchev–Trinajstić information content (AvgIpc) is 2.67. The fraction of sp³-hybridized carbons (Fsp3) is 0.400. The number of carbonyl (C=O) groups excluding carboxylic acids is 1. The lowest BCUT2D eigenvalue weighted by Crippen LogP contribution is -2.49. The summed E-state index contributed by atoms with van der Waals surface area (Å²) in [6.45, 7) is 6.72. The van der Waals surface area contributed by atoms with E-state index in [1.54, 1.807) is 6.20 Å². The SMILES string of the molecule is CSCCN1CCN(C(=O)c2cccc(-c3ccncc3C)c2)CC1. The molecule has 0 saturated carbocycles. The van der Waals surface area contributed by atoms with Crippen LogP contribution < -0.4 is 0 Å². The van der Waals surface area contributed by atoms with Crippen LogP contribution in [0, 0.1) is 6.92 Å². The molecule has 0 spiro atoms. The summed E-state index contributed by atoms with van der Waals surface area (Å²) in [6, 6.07) is 9.95. The van der Waals surface area contributed by atoms with Crippen LogP contribution in [0.2, 0.25) is 0 Å². The molecule has 0 bridgehead atoms. The molecule has 0 atom stereocenters. The Morgan fingerprint density at radius 1 is 1.20 bits per heavy atom. The first kappa shape index (κ1) is 18.0. The van der Waals surface area contributed by atoms with E-state index >= 15 is 0 Å². The lowest BCUT2D eigenvalue weighted by Gasteiger charge is -2.34. The molecule has 4 nitrogen and oxygen atoms in total. The third-order valence-electron chi connectivity index (χ3n) is 4.71. The summed E-state index contributed by atoms with van der Waals surface area (Å²) in [6.07, 6.45) is 5.79. The highest BCUT2D eigenvalue weighted by atomic mass is 32.2. The van der Waals surface area contributed by atoms with Gasteiger partial charge < -0.3 is 4.90 Å². The summed E-state index contributed by atoms with van der Waals surface area (Å²) >= 11 is 1.87. The molecular weight excluding hydrogens is 330 g/mol. The van der Waals surface area contributed by atoms with Crippen LogP contribution in [-0.4, -0.2) is 65.4 Å². The second kappa shape index (κ2) is 8.50. The van der Waals surface area contributed by atoms with E-state index in [-0.39, 0.29) is 5.91 Å². The van der Waals surface area contributed by atoms with Gasteiger partial charge in [0, 0.05) is 56.4 Å². The molecule has 3 rings (SSSR count). The van der Waals surface area contributed by atoms with Crippen LogP contribution >= 0.6 is 11.8 Å². The molecule has 1 aromatic carbocycles. The van der Waals surface area contributed by atoms with Gasteiger partial charge in [-0.3, -0.25) is 14.7 Å². The first-order valence-corrected chi connectivity index (χ1v) is 10.1. The Morgan fingerprint density at radius 2 is 2.00 bits per heavy atom. The Bertz CT molecular complexity index is 726. The maximum absolute atomic E-state index is 12.9. The van der Waals surface area contributed by atoms with Crippen molar-refractivity contribution in [3.05, 3.63) is 53.9 Å². The smallest absolute Gasteiger partial charge is 0.253 e. The van der Waals surface area contributed by atoms with Crippen molar-refractivity contribution in [1.82, 2.24) is 14.8 Å². The monoisotopic (exact) mass is 355 g/mol. The van der Waals surface area contributed by atoms with Crippen molar-refractivity contribution in [1.29, 1.82) is 0 Å². The Balaban J connectivity index is 1.69. The predicted molar refractivity (Wildman–Crippen MR) is 105 cm³/mol. The Labute approximate surface area is 154 Å². The highest BCUT2D eigenvalue weighted by Crippen LogP contribution is 2.24. The summed E-state index contributed by atoms with van der Waals surface area (Å²) in [7, 11) is 0. The van der Waals surface area contributed by atoms with E-state index in [9.17, 15) is 4.79 Å². The lowest BCUT2D eigenvalue weighted by atomic mass is 10.00. The molecule has 2 heterocycles. The maximum Gasteiger partial charge on any atom is 0.253 e. The van der Waals surface area contributed by atoms with E-state index in [1.807, 2.05) is 54.0 Å². The van der Waals surface area contributed by atoms with Crippen molar-refractivity contribution in [2.45, 2.75) is 6.92 Å². The van der Waals surface area contributed by atoms with E-state index in [1.165, 1.54) is 0 Å². The predicted octanol–water partition coefficient (Wildman–Crippen LogP) is 3.18. The molecule has 132 valence electrons. The maximum atomic E-state index is 12.9. The quantitative estimate of drug-likeness (QED) is 0.825. The van der Waals surface area contributed by atoms with Crippen molar-refractivity contribution in [2.75, 3.05) is 44.7 Å². The Kier molecular flexibility index (Phi) is 6.10. The minimum absolute atomic E-state index is 0.137. The van der Waals surface area contributed by atoms with Gasteiger partial charge >= 0.3 is 0 Å². The molecule has 2 aromatic rings. The van der Waals surface area contributed by atoms with E-state index in [0.29, 0.717) is 0 Å². The van der Waals surface area contributed by atoms with Gasteiger partial charge in [-0.1, -0.05) is 12.1 Å². The molecule has 0 aliphatic carbocycles.